The highest BCUT2D eigenvalue weighted by Gasteiger charge is 2.20. The maximum atomic E-state index is 5.50. The quantitative estimate of drug-likeness (QED) is 0.347. The summed E-state index contributed by atoms with van der Waals surface area (Å²) in [5, 5.41) is 0. The van der Waals surface area contributed by atoms with Crippen LogP contribution in [0, 0.1) is 12.8 Å². The Hall–Kier alpha value is -3.54. The normalized spacial score (nSPS) is 21.9. The summed E-state index contributed by atoms with van der Waals surface area (Å²) in [5.41, 5.74) is 8.40. The molecule has 200 valence electrons. The lowest BCUT2D eigenvalue weighted by molar-refractivity contribution is 0.354. The van der Waals surface area contributed by atoms with Gasteiger partial charge < -0.3 is 9.47 Å². The van der Waals surface area contributed by atoms with Gasteiger partial charge >= 0.3 is 0 Å². The van der Waals surface area contributed by atoms with Gasteiger partial charge in [0.25, 0.3) is 0 Å². The van der Waals surface area contributed by atoms with Gasteiger partial charge in [0.15, 0.2) is 11.5 Å². The number of ether oxygens (including phenoxy) is 2. The molecule has 0 aliphatic carbocycles. The fourth-order valence-corrected chi connectivity index (χ4v) is 4.99. The van der Waals surface area contributed by atoms with Crippen LogP contribution in [0.2, 0.25) is 0 Å². The van der Waals surface area contributed by atoms with E-state index in [9.17, 15) is 0 Å². The van der Waals surface area contributed by atoms with E-state index in [1.54, 1.807) is 20.6 Å². The van der Waals surface area contributed by atoms with Gasteiger partial charge in [-0.1, -0.05) is 23.8 Å². The number of allylic oxidation sites excluding steroid dienone is 4. The average Bonchev–Trinajstić information content (AvgIpc) is 3.02. The number of pyridine rings is 1. The molecule has 0 radical (unpaired) electrons. The first kappa shape index (κ1) is 27.5. The molecule has 0 spiro atoms. The van der Waals surface area contributed by atoms with E-state index in [0.29, 0.717) is 5.92 Å². The first-order valence-electron chi connectivity index (χ1n) is 13.6. The topological polar surface area (TPSA) is 68.4 Å². The second-order valence-corrected chi connectivity index (χ2v) is 10.2. The van der Waals surface area contributed by atoms with Gasteiger partial charge in [-0.2, -0.15) is 0 Å². The highest BCUT2D eigenvalue weighted by atomic mass is 16.5. The van der Waals surface area contributed by atoms with Crippen LogP contribution >= 0.6 is 0 Å². The van der Waals surface area contributed by atoms with E-state index in [1.165, 1.54) is 22.4 Å². The highest BCUT2D eigenvalue weighted by molar-refractivity contribution is 5.97. The third-order valence-electron chi connectivity index (χ3n) is 7.19. The van der Waals surface area contributed by atoms with Crippen LogP contribution in [0.1, 0.15) is 62.3 Å². The lowest BCUT2D eigenvalue weighted by atomic mass is 9.89. The van der Waals surface area contributed by atoms with Crippen LogP contribution in [0.15, 0.2) is 74.9 Å². The summed E-state index contributed by atoms with van der Waals surface area (Å²) in [6, 6.07) is 10.4. The molecule has 4 rings (SSSR count). The molecule has 0 saturated heterocycles. The zero-order valence-electron chi connectivity index (χ0n) is 23.2. The summed E-state index contributed by atoms with van der Waals surface area (Å²) >= 11 is 0. The summed E-state index contributed by atoms with van der Waals surface area (Å²) in [6.45, 7) is 4.98. The van der Waals surface area contributed by atoms with Crippen LogP contribution in [0.5, 0.6) is 11.5 Å². The van der Waals surface area contributed by atoms with Crippen molar-refractivity contribution in [2.45, 2.75) is 65.2 Å². The minimum absolute atomic E-state index is 0.332. The zero-order valence-corrected chi connectivity index (χ0v) is 23.2. The molecule has 1 aromatic carbocycles. The van der Waals surface area contributed by atoms with Gasteiger partial charge in [0, 0.05) is 47.9 Å². The predicted octanol–water partition coefficient (Wildman–Crippen LogP) is 6.92. The van der Waals surface area contributed by atoms with Crippen molar-refractivity contribution in [3.63, 3.8) is 0 Å². The van der Waals surface area contributed by atoms with E-state index in [2.05, 4.69) is 54.2 Å². The fourth-order valence-electron chi connectivity index (χ4n) is 4.99. The highest BCUT2D eigenvalue weighted by Crippen LogP contribution is 2.29. The second kappa shape index (κ2) is 13.8. The summed E-state index contributed by atoms with van der Waals surface area (Å²) in [7, 11) is 3.33. The molecule has 2 aromatic rings. The Morgan fingerprint density at radius 1 is 0.974 bits per heavy atom. The fraction of sp³-hybridized carbons (Fsp3) is 0.438. The Kier molecular flexibility index (Phi) is 10.0. The average molecular weight is 513 g/mol. The maximum absolute atomic E-state index is 5.50. The van der Waals surface area contributed by atoms with Crippen LogP contribution in [0.3, 0.4) is 0 Å². The van der Waals surface area contributed by atoms with Crippen molar-refractivity contribution in [3.05, 3.63) is 76.8 Å². The standard InChI is InChI=1S/C32H40N4O2/c1-23-9-13-28(34-20-23)14-15-29-17-25(8-6-5-7-24(2)36-29)10-12-27-21-33-22-35-30(27)18-26-11-16-31(37-3)32(19-26)38-4/h7,9,11,13,16-17,19-20,22,27H,5-6,8,10,12,14-15,18,21H2,1-4H3/b24-7-,25-17+,36-29-. The molecule has 1 aromatic heterocycles. The van der Waals surface area contributed by atoms with Crippen molar-refractivity contribution < 1.29 is 9.47 Å². The van der Waals surface area contributed by atoms with E-state index in [1.807, 2.05) is 18.3 Å². The number of benzene rings is 1. The molecule has 0 saturated carbocycles. The lowest BCUT2D eigenvalue weighted by Crippen LogP contribution is -2.23. The molecule has 6 heteroatoms. The van der Waals surface area contributed by atoms with Crippen molar-refractivity contribution >= 4 is 17.8 Å². The van der Waals surface area contributed by atoms with Crippen LogP contribution in [-0.2, 0) is 12.8 Å². The Balaban J connectivity index is 1.43. The molecular weight excluding hydrogens is 472 g/mol. The number of aryl methyl sites for hydroxylation is 2. The molecule has 0 amide bonds. The lowest BCUT2D eigenvalue weighted by Gasteiger charge is -2.21. The monoisotopic (exact) mass is 512 g/mol. The van der Waals surface area contributed by atoms with Gasteiger partial charge in [-0.05, 0) is 94.2 Å². The second-order valence-electron chi connectivity index (χ2n) is 10.2. The van der Waals surface area contributed by atoms with Gasteiger partial charge in [-0.25, -0.2) is 4.99 Å². The SMILES string of the molecule is COc1ccc(CC2=NC=NCC2CC/C2=C/C(CCc3ccc(C)cn3)=N\C(C)=C/CCC2)cc1OC. The third kappa shape index (κ3) is 7.98. The maximum Gasteiger partial charge on any atom is 0.160 e. The molecule has 6 nitrogen and oxygen atoms in total. The summed E-state index contributed by atoms with van der Waals surface area (Å²) in [4.78, 5) is 18.8. The molecule has 2 aliphatic heterocycles. The number of hydrogen-bond donors (Lipinski definition) is 0. The molecule has 1 atom stereocenters. The Morgan fingerprint density at radius 2 is 1.84 bits per heavy atom. The number of nitrogens with zero attached hydrogens (tertiary/aromatic N) is 4. The van der Waals surface area contributed by atoms with Gasteiger partial charge in [-0.3, -0.25) is 15.0 Å². The van der Waals surface area contributed by atoms with Gasteiger partial charge in [0.2, 0.25) is 0 Å². The van der Waals surface area contributed by atoms with Crippen LogP contribution in [0.4, 0.5) is 0 Å². The first-order chi connectivity index (χ1) is 18.5. The van der Waals surface area contributed by atoms with Gasteiger partial charge in [0.1, 0.15) is 6.34 Å². The molecule has 0 fully saturated rings. The molecular formula is C32H40N4O2. The molecule has 1 unspecified atom stereocenters. The van der Waals surface area contributed by atoms with Crippen LogP contribution in [-0.4, -0.2) is 43.5 Å². The number of aliphatic imine (C=N–C) groups is 3. The van der Waals surface area contributed by atoms with Crippen LogP contribution in [0.25, 0.3) is 0 Å². The summed E-state index contributed by atoms with van der Waals surface area (Å²) in [6.07, 6.45) is 16.3. The van der Waals surface area contributed by atoms with E-state index in [4.69, 9.17) is 19.5 Å². The first-order valence-corrected chi connectivity index (χ1v) is 13.6. The van der Waals surface area contributed by atoms with Crippen molar-refractivity contribution in [3.8, 4) is 11.5 Å². The number of rotatable bonds is 10. The van der Waals surface area contributed by atoms with Crippen molar-refractivity contribution in [2.75, 3.05) is 20.8 Å². The molecule has 38 heavy (non-hydrogen) atoms. The Labute approximate surface area is 227 Å². The van der Waals surface area contributed by atoms with Gasteiger partial charge in [0.05, 0.1) is 14.2 Å². The van der Waals surface area contributed by atoms with Crippen molar-refractivity contribution in [1.82, 2.24) is 4.98 Å². The zero-order chi connectivity index (χ0) is 26.7. The smallest absolute Gasteiger partial charge is 0.160 e. The Morgan fingerprint density at radius 3 is 2.63 bits per heavy atom. The molecule has 2 aliphatic rings. The van der Waals surface area contributed by atoms with E-state index >= 15 is 0 Å². The Bertz CT molecular complexity index is 1240. The summed E-state index contributed by atoms with van der Waals surface area (Å²) in [5.74, 6) is 1.82. The minimum Gasteiger partial charge on any atom is -0.493 e. The number of aromatic nitrogens is 1. The van der Waals surface area contributed by atoms with Gasteiger partial charge in [-0.15, -0.1) is 0 Å². The van der Waals surface area contributed by atoms with E-state index in [-0.39, 0.29) is 0 Å². The van der Waals surface area contributed by atoms with Crippen molar-refractivity contribution in [1.29, 1.82) is 0 Å². The van der Waals surface area contributed by atoms with E-state index in [0.717, 1.165) is 86.5 Å². The summed E-state index contributed by atoms with van der Waals surface area (Å²) < 4.78 is 10.9. The minimum atomic E-state index is 0.332. The molecule has 0 N–H and O–H groups in total. The van der Waals surface area contributed by atoms with Crippen molar-refractivity contribution in [2.24, 2.45) is 20.9 Å². The largest absolute Gasteiger partial charge is 0.493 e. The number of hydrogen-bond acceptors (Lipinski definition) is 6. The third-order valence-corrected chi connectivity index (χ3v) is 7.19. The van der Waals surface area contributed by atoms with Crippen LogP contribution < -0.4 is 9.47 Å². The van der Waals surface area contributed by atoms with E-state index < -0.39 is 0 Å². The molecule has 0 bridgehead atoms. The predicted molar refractivity (Wildman–Crippen MR) is 157 cm³/mol. The number of methoxy groups -OCH3 is 2. The molecule has 3 heterocycles.